The number of nitrogen functional groups attached to an aromatic ring is 1. The summed E-state index contributed by atoms with van der Waals surface area (Å²) < 4.78 is 5.41. The van der Waals surface area contributed by atoms with E-state index in [4.69, 9.17) is 15.7 Å². The van der Waals surface area contributed by atoms with E-state index in [0.29, 0.717) is 13.0 Å². The number of benzene rings is 1. The Morgan fingerprint density at radius 3 is 3.00 bits per heavy atom. The van der Waals surface area contributed by atoms with Gasteiger partial charge >= 0.3 is 0 Å². The number of ether oxygens (including phenoxy) is 1. The van der Waals surface area contributed by atoms with Crippen molar-refractivity contribution in [3.8, 4) is 11.8 Å². The van der Waals surface area contributed by atoms with Crippen LogP contribution in [0.2, 0.25) is 0 Å². The van der Waals surface area contributed by atoms with Crippen LogP contribution in [0.4, 0.5) is 5.69 Å². The molecule has 86 valence electrons. The van der Waals surface area contributed by atoms with Crippen LogP contribution in [0.25, 0.3) is 0 Å². The molecule has 0 radical (unpaired) electrons. The van der Waals surface area contributed by atoms with Gasteiger partial charge in [-0.25, -0.2) is 0 Å². The maximum atomic E-state index is 8.43. The zero-order valence-electron chi connectivity index (χ0n) is 9.40. The number of nitrogens with two attached hydrogens (primary N) is 1. The van der Waals surface area contributed by atoms with Crippen LogP contribution in [0.3, 0.4) is 0 Å². The van der Waals surface area contributed by atoms with E-state index in [9.17, 15) is 0 Å². The average Bonchev–Trinajstić information content (AvgIpc) is 2.29. The second-order valence-electron chi connectivity index (χ2n) is 3.24. The van der Waals surface area contributed by atoms with E-state index in [2.05, 4.69) is 6.07 Å². The third kappa shape index (κ3) is 4.03. The Bertz CT molecular complexity index is 374. The lowest BCUT2D eigenvalue weighted by molar-refractivity contribution is 0.339. The minimum Gasteiger partial charge on any atom is -0.494 e. The Morgan fingerprint density at radius 2 is 2.31 bits per heavy atom. The van der Waals surface area contributed by atoms with Crippen molar-refractivity contribution >= 4 is 17.4 Å². The maximum absolute atomic E-state index is 8.43. The molecule has 0 amide bonds. The number of anilines is 1. The minimum atomic E-state index is 0.595. The molecule has 3 nitrogen and oxygen atoms in total. The molecule has 0 aliphatic heterocycles. The highest BCUT2D eigenvalue weighted by Gasteiger charge is 2.02. The van der Waals surface area contributed by atoms with Crippen molar-refractivity contribution in [2.24, 2.45) is 0 Å². The van der Waals surface area contributed by atoms with Gasteiger partial charge in [-0.15, -0.1) is 11.8 Å². The summed E-state index contributed by atoms with van der Waals surface area (Å²) >= 11 is 1.67. The molecule has 0 fully saturated rings. The lowest BCUT2D eigenvalue weighted by atomic mass is 10.3. The third-order valence-corrected chi connectivity index (χ3v) is 3.14. The van der Waals surface area contributed by atoms with Gasteiger partial charge in [0.1, 0.15) is 5.75 Å². The molecule has 0 aromatic heterocycles. The Hall–Kier alpha value is -1.34. The number of hydrogen-bond acceptors (Lipinski definition) is 4. The summed E-state index contributed by atoms with van der Waals surface area (Å²) in [6.45, 7) is 2.61. The Balaban J connectivity index is 2.56. The summed E-state index contributed by atoms with van der Waals surface area (Å²) in [5.74, 6) is 1.76. The molecule has 1 aromatic carbocycles. The first-order valence-corrected chi connectivity index (χ1v) is 6.28. The van der Waals surface area contributed by atoms with Crippen molar-refractivity contribution in [3.63, 3.8) is 0 Å². The fraction of sp³-hybridized carbons (Fsp3) is 0.417. The van der Waals surface area contributed by atoms with E-state index in [-0.39, 0.29) is 0 Å². The monoisotopic (exact) mass is 236 g/mol. The molecule has 0 bridgehead atoms. The van der Waals surface area contributed by atoms with Gasteiger partial charge in [-0.2, -0.15) is 5.26 Å². The lowest BCUT2D eigenvalue weighted by Gasteiger charge is -2.08. The summed E-state index contributed by atoms with van der Waals surface area (Å²) in [6.07, 6.45) is 1.48. The Kier molecular flexibility index (Phi) is 5.58. The topological polar surface area (TPSA) is 59.0 Å². The molecule has 0 saturated carbocycles. The van der Waals surface area contributed by atoms with Crippen LogP contribution >= 0.6 is 11.8 Å². The number of nitrogens with zero attached hydrogens (tertiary/aromatic N) is 1. The Labute approximate surface area is 101 Å². The quantitative estimate of drug-likeness (QED) is 0.468. The fourth-order valence-corrected chi connectivity index (χ4v) is 2.17. The van der Waals surface area contributed by atoms with Gasteiger partial charge in [-0.3, -0.25) is 0 Å². The smallest absolute Gasteiger partial charge is 0.120 e. The molecule has 0 aliphatic carbocycles. The molecule has 0 spiro atoms. The van der Waals surface area contributed by atoms with Crippen LogP contribution in [0, 0.1) is 11.3 Å². The summed E-state index contributed by atoms with van der Waals surface area (Å²) in [5, 5.41) is 8.43. The number of hydrogen-bond donors (Lipinski definition) is 1. The van der Waals surface area contributed by atoms with Crippen molar-refractivity contribution in [1.82, 2.24) is 0 Å². The average molecular weight is 236 g/mol. The van der Waals surface area contributed by atoms with E-state index in [1.165, 1.54) is 0 Å². The van der Waals surface area contributed by atoms with E-state index < -0.39 is 0 Å². The standard InChI is InChI=1S/C12H16N2OS/c1-2-15-10-5-6-11(14)12(9-10)16-8-4-3-7-13/h5-6,9H,2-4,8,14H2,1H3. The van der Waals surface area contributed by atoms with Gasteiger partial charge in [0, 0.05) is 17.0 Å². The van der Waals surface area contributed by atoms with E-state index in [1.54, 1.807) is 11.8 Å². The van der Waals surface area contributed by atoms with Crippen molar-refractivity contribution in [2.45, 2.75) is 24.7 Å². The molecular weight excluding hydrogens is 220 g/mol. The first-order chi connectivity index (χ1) is 7.77. The van der Waals surface area contributed by atoms with E-state index >= 15 is 0 Å². The van der Waals surface area contributed by atoms with Crippen molar-refractivity contribution in [2.75, 3.05) is 18.1 Å². The highest BCUT2D eigenvalue weighted by molar-refractivity contribution is 7.99. The molecule has 0 atom stereocenters. The molecule has 0 unspecified atom stereocenters. The highest BCUT2D eigenvalue weighted by atomic mass is 32.2. The predicted octanol–water partition coefficient (Wildman–Crippen LogP) is 3.06. The van der Waals surface area contributed by atoms with Crippen LogP contribution < -0.4 is 10.5 Å². The molecular formula is C12H16N2OS. The van der Waals surface area contributed by atoms with Gasteiger partial charge in [0.05, 0.1) is 12.7 Å². The molecule has 4 heteroatoms. The van der Waals surface area contributed by atoms with Crippen LogP contribution in [0.1, 0.15) is 19.8 Å². The first-order valence-electron chi connectivity index (χ1n) is 5.30. The normalized spacial score (nSPS) is 9.75. The van der Waals surface area contributed by atoms with Gasteiger partial charge in [0.25, 0.3) is 0 Å². The number of thioether (sulfide) groups is 1. The third-order valence-electron chi connectivity index (χ3n) is 1.99. The second-order valence-corrected chi connectivity index (χ2v) is 4.38. The maximum Gasteiger partial charge on any atom is 0.120 e. The SMILES string of the molecule is CCOc1ccc(N)c(SCCCC#N)c1. The summed E-state index contributed by atoms with van der Waals surface area (Å²) in [7, 11) is 0. The summed E-state index contributed by atoms with van der Waals surface area (Å²) in [5.41, 5.74) is 6.63. The van der Waals surface area contributed by atoms with Crippen molar-refractivity contribution < 1.29 is 4.74 Å². The molecule has 1 rings (SSSR count). The van der Waals surface area contributed by atoms with Crippen LogP contribution in [0.5, 0.6) is 5.75 Å². The molecule has 1 aromatic rings. The van der Waals surface area contributed by atoms with Gasteiger partial charge in [-0.1, -0.05) is 0 Å². The van der Waals surface area contributed by atoms with Crippen LogP contribution in [0.15, 0.2) is 23.1 Å². The van der Waals surface area contributed by atoms with Gasteiger partial charge in [-0.05, 0) is 37.3 Å². The number of nitriles is 1. The molecule has 0 aliphatic rings. The number of rotatable bonds is 6. The van der Waals surface area contributed by atoms with Gasteiger partial charge in [0.15, 0.2) is 0 Å². The second kappa shape index (κ2) is 7.02. The van der Waals surface area contributed by atoms with Crippen LogP contribution in [-0.2, 0) is 0 Å². The lowest BCUT2D eigenvalue weighted by Crippen LogP contribution is -1.94. The fourth-order valence-electron chi connectivity index (χ4n) is 1.23. The van der Waals surface area contributed by atoms with E-state index in [1.807, 2.05) is 25.1 Å². The summed E-state index contributed by atoms with van der Waals surface area (Å²) in [4.78, 5) is 1.03. The molecule has 16 heavy (non-hydrogen) atoms. The van der Waals surface area contributed by atoms with E-state index in [0.717, 1.165) is 28.5 Å². The first kappa shape index (κ1) is 12.7. The van der Waals surface area contributed by atoms with Gasteiger partial charge < -0.3 is 10.5 Å². The minimum absolute atomic E-state index is 0.595. The van der Waals surface area contributed by atoms with Crippen molar-refractivity contribution in [3.05, 3.63) is 18.2 Å². The molecule has 2 N–H and O–H groups in total. The Morgan fingerprint density at radius 1 is 1.50 bits per heavy atom. The zero-order valence-corrected chi connectivity index (χ0v) is 10.2. The van der Waals surface area contributed by atoms with Crippen LogP contribution in [-0.4, -0.2) is 12.4 Å². The van der Waals surface area contributed by atoms with Crippen molar-refractivity contribution in [1.29, 1.82) is 5.26 Å². The van der Waals surface area contributed by atoms with Gasteiger partial charge in [0.2, 0.25) is 0 Å². The number of unbranched alkanes of at least 4 members (excludes halogenated alkanes) is 1. The molecule has 0 heterocycles. The summed E-state index contributed by atoms with van der Waals surface area (Å²) in [6, 6.07) is 7.82. The zero-order chi connectivity index (χ0) is 11.8. The predicted molar refractivity (Wildman–Crippen MR) is 67.6 cm³/mol. The largest absolute Gasteiger partial charge is 0.494 e. The highest BCUT2D eigenvalue weighted by Crippen LogP contribution is 2.29. The molecule has 0 saturated heterocycles.